The molecular weight excluding hydrogens is 453 g/mol. The van der Waals surface area contributed by atoms with Crippen molar-refractivity contribution in [2.24, 2.45) is 0 Å². The Balaban J connectivity index is 2.03. The Bertz CT molecular complexity index is 1040. The molecule has 4 heteroatoms. The van der Waals surface area contributed by atoms with Gasteiger partial charge in [-0.3, -0.25) is 9.78 Å². The molecule has 2 aromatic heterocycles. The van der Waals surface area contributed by atoms with Gasteiger partial charge in [0.1, 0.15) is 0 Å². The number of benzene rings is 2. The highest BCUT2D eigenvalue weighted by Gasteiger charge is 2.23. The zero-order valence-electron chi connectivity index (χ0n) is 13.7. The third-order valence-corrected chi connectivity index (χ3v) is 5.65. The molecule has 0 fully saturated rings. The number of thiophene rings is 1. The first-order valence-electron chi connectivity index (χ1n) is 8.12. The van der Waals surface area contributed by atoms with Crippen molar-refractivity contribution in [3.8, 4) is 22.4 Å². The molecule has 126 valence electrons. The molecule has 2 nitrogen and oxygen atoms in total. The summed E-state index contributed by atoms with van der Waals surface area (Å²) < 4.78 is 0.965. The third-order valence-electron chi connectivity index (χ3n) is 4.15. The molecule has 0 aliphatic rings. The molecule has 0 saturated carbocycles. The van der Waals surface area contributed by atoms with Crippen molar-refractivity contribution in [1.82, 2.24) is 4.98 Å². The lowest BCUT2D eigenvalue weighted by molar-refractivity contribution is 0.103. The maximum atomic E-state index is 13.5. The maximum Gasteiger partial charge on any atom is 0.195 e. The lowest BCUT2D eigenvalue weighted by Gasteiger charge is -2.15. The van der Waals surface area contributed by atoms with Crippen LogP contribution in [0, 0.1) is 3.57 Å². The average Bonchev–Trinajstić information content (AvgIpc) is 3.23. The second kappa shape index (κ2) is 7.51. The highest BCUT2D eigenvalue weighted by molar-refractivity contribution is 14.1. The van der Waals surface area contributed by atoms with Crippen LogP contribution in [0.5, 0.6) is 0 Å². The van der Waals surface area contributed by atoms with Crippen LogP contribution < -0.4 is 0 Å². The summed E-state index contributed by atoms with van der Waals surface area (Å²) in [6.45, 7) is 0. The van der Waals surface area contributed by atoms with Gasteiger partial charge in [-0.05, 0) is 39.6 Å². The zero-order chi connectivity index (χ0) is 17.9. The van der Waals surface area contributed by atoms with Crippen molar-refractivity contribution >= 4 is 39.7 Å². The lowest BCUT2D eigenvalue weighted by Crippen LogP contribution is -2.08. The fourth-order valence-electron chi connectivity index (χ4n) is 2.95. The van der Waals surface area contributed by atoms with Crippen LogP contribution in [0.25, 0.3) is 22.4 Å². The zero-order valence-corrected chi connectivity index (χ0v) is 16.7. The van der Waals surface area contributed by atoms with Gasteiger partial charge in [0.15, 0.2) is 5.78 Å². The van der Waals surface area contributed by atoms with Crippen molar-refractivity contribution in [3.63, 3.8) is 0 Å². The molecule has 26 heavy (non-hydrogen) atoms. The molecule has 0 radical (unpaired) electrons. The highest BCUT2D eigenvalue weighted by Crippen LogP contribution is 2.36. The highest BCUT2D eigenvalue weighted by atomic mass is 127. The Morgan fingerprint density at radius 3 is 2.23 bits per heavy atom. The van der Waals surface area contributed by atoms with Gasteiger partial charge in [-0.15, -0.1) is 0 Å². The van der Waals surface area contributed by atoms with Crippen LogP contribution in [0.2, 0.25) is 0 Å². The summed E-state index contributed by atoms with van der Waals surface area (Å²) in [6, 6.07) is 21.5. The lowest BCUT2D eigenvalue weighted by atomic mass is 9.91. The van der Waals surface area contributed by atoms with Crippen LogP contribution in [0.4, 0.5) is 0 Å². The van der Waals surface area contributed by atoms with Crippen LogP contribution in [0.3, 0.4) is 0 Å². The van der Waals surface area contributed by atoms with E-state index >= 15 is 0 Å². The standard InChI is InChI=1S/C22H14INOS/c23-18-13-24-21(17-11-12-26-14-17)20(19(18)15-7-3-1-4-8-15)22(25)16-9-5-2-6-10-16/h1-14H. The van der Waals surface area contributed by atoms with Gasteiger partial charge in [0.25, 0.3) is 0 Å². The van der Waals surface area contributed by atoms with Gasteiger partial charge >= 0.3 is 0 Å². The van der Waals surface area contributed by atoms with E-state index in [1.807, 2.05) is 83.7 Å². The van der Waals surface area contributed by atoms with Crippen molar-refractivity contribution in [2.45, 2.75) is 0 Å². The minimum absolute atomic E-state index is 0.00308. The predicted molar refractivity (Wildman–Crippen MR) is 116 cm³/mol. The van der Waals surface area contributed by atoms with Crippen molar-refractivity contribution < 1.29 is 4.79 Å². The summed E-state index contributed by atoms with van der Waals surface area (Å²) in [7, 11) is 0. The van der Waals surface area contributed by atoms with E-state index in [1.54, 1.807) is 11.3 Å². The van der Waals surface area contributed by atoms with Gasteiger partial charge in [-0.1, -0.05) is 60.7 Å². The van der Waals surface area contributed by atoms with E-state index in [9.17, 15) is 4.79 Å². The Hall–Kier alpha value is -2.31. The number of carbonyl (C=O) groups is 1. The minimum Gasteiger partial charge on any atom is -0.289 e. The van der Waals surface area contributed by atoms with Gasteiger partial charge in [-0.25, -0.2) is 0 Å². The first kappa shape index (κ1) is 17.1. The number of ketones is 1. The first-order valence-corrected chi connectivity index (χ1v) is 10.1. The van der Waals surface area contributed by atoms with Gasteiger partial charge in [0, 0.05) is 31.8 Å². The number of nitrogens with zero attached hydrogens (tertiary/aromatic N) is 1. The van der Waals surface area contributed by atoms with Crippen LogP contribution in [0.15, 0.2) is 83.7 Å². The molecular formula is C22H14INOS. The summed E-state index contributed by atoms with van der Waals surface area (Å²) in [5.74, 6) is -0.00308. The second-order valence-corrected chi connectivity index (χ2v) is 7.72. The van der Waals surface area contributed by atoms with Crippen LogP contribution in [-0.2, 0) is 0 Å². The molecule has 2 aromatic carbocycles. The average molecular weight is 467 g/mol. The monoisotopic (exact) mass is 467 g/mol. The van der Waals surface area contributed by atoms with Gasteiger partial charge in [-0.2, -0.15) is 11.3 Å². The molecule has 0 aliphatic carbocycles. The predicted octanol–water partition coefficient (Wildman–Crippen LogP) is 6.31. The van der Waals surface area contributed by atoms with E-state index in [4.69, 9.17) is 0 Å². The first-order chi connectivity index (χ1) is 12.8. The number of pyridine rings is 1. The fourth-order valence-corrected chi connectivity index (χ4v) is 4.31. The van der Waals surface area contributed by atoms with Gasteiger partial charge in [0.2, 0.25) is 0 Å². The largest absolute Gasteiger partial charge is 0.289 e. The Kier molecular flexibility index (Phi) is 4.95. The molecule has 4 rings (SSSR count). The maximum absolute atomic E-state index is 13.5. The van der Waals surface area contributed by atoms with E-state index in [-0.39, 0.29) is 5.78 Å². The van der Waals surface area contributed by atoms with Crippen LogP contribution in [-0.4, -0.2) is 10.8 Å². The summed E-state index contributed by atoms with van der Waals surface area (Å²) in [6.07, 6.45) is 1.84. The molecule has 0 unspecified atom stereocenters. The van der Waals surface area contributed by atoms with E-state index in [0.29, 0.717) is 11.1 Å². The molecule has 0 atom stereocenters. The number of hydrogen-bond donors (Lipinski definition) is 0. The molecule has 4 aromatic rings. The van der Waals surface area contributed by atoms with E-state index < -0.39 is 0 Å². The quantitative estimate of drug-likeness (QED) is 0.260. The number of hydrogen-bond acceptors (Lipinski definition) is 3. The van der Waals surface area contributed by atoms with Crippen molar-refractivity contribution in [2.75, 3.05) is 0 Å². The van der Waals surface area contributed by atoms with Crippen molar-refractivity contribution in [1.29, 1.82) is 0 Å². The Morgan fingerprint density at radius 2 is 1.58 bits per heavy atom. The molecule has 0 N–H and O–H groups in total. The molecule has 0 saturated heterocycles. The number of carbonyl (C=O) groups excluding carboxylic acids is 1. The molecule has 0 spiro atoms. The van der Waals surface area contributed by atoms with Crippen LogP contribution >= 0.6 is 33.9 Å². The molecule has 2 heterocycles. The molecule has 0 aliphatic heterocycles. The summed E-state index contributed by atoms with van der Waals surface area (Å²) in [5, 5.41) is 4.04. The van der Waals surface area contributed by atoms with E-state index in [1.165, 1.54) is 0 Å². The third kappa shape index (κ3) is 3.22. The topological polar surface area (TPSA) is 30.0 Å². The summed E-state index contributed by atoms with van der Waals surface area (Å²) in [5.41, 5.74) is 5.01. The Morgan fingerprint density at radius 1 is 0.885 bits per heavy atom. The number of aromatic nitrogens is 1. The number of rotatable bonds is 4. The van der Waals surface area contributed by atoms with Gasteiger partial charge < -0.3 is 0 Å². The van der Waals surface area contributed by atoms with Crippen LogP contribution in [0.1, 0.15) is 15.9 Å². The molecule has 0 amide bonds. The number of halogens is 1. The van der Waals surface area contributed by atoms with Gasteiger partial charge in [0.05, 0.1) is 11.3 Å². The van der Waals surface area contributed by atoms with E-state index in [0.717, 1.165) is 26.0 Å². The fraction of sp³-hybridized carbons (Fsp3) is 0. The van der Waals surface area contributed by atoms with Crippen molar-refractivity contribution in [3.05, 3.63) is 98.4 Å². The SMILES string of the molecule is O=C(c1ccccc1)c1c(-c2ccsc2)ncc(I)c1-c1ccccc1. The smallest absolute Gasteiger partial charge is 0.195 e. The molecule has 0 bridgehead atoms. The summed E-state index contributed by atoms with van der Waals surface area (Å²) in [4.78, 5) is 18.1. The second-order valence-electron chi connectivity index (χ2n) is 5.78. The Labute approximate surface area is 169 Å². The normalized spacial score (nSPS) is 10.7. The summed E-state index contributed by atoms with van der Waals surface area (Å²) >= 11 is 3.87. The van der Waals surface area contributed by atoms with E-state index in [2.05, 4.69) is 27.6 Å². The minimum atomic E-state index is -0.00308.